The average molecular weight is 392 g/mol. The van der Waals surface area contributed by atoms with Crippen LogP contribution >= 0.6 is 0 Å². The Morgan fingerprint density at radius 3 is 2.46 bits per heavy atom. The summed E-state index contributed by atoms with van der Waals surface area (Å²) in [5, 5.41) is 11.3. The molecule has 3 aliphatic carbocycles. The Morgan fingerprint density at radius 2 is 1.81 bits per heavy atom. The molecule has 0 spiro atoms. The Bertz CT molecular complexity index is 658. The molecule has 2 aromatic rings. The summed E-state index contributed by atoms with van der Waals surface area (Å²) in [6.45, 7) is 0. The van der Waals surface area contributed by atoms with Crippen molar-refractivity contribution in [2.24, 2.45) is 17.8 Å². The second-order valence-electron chi connectivity index (χ2n) is 8.04. The molecule has 0 radical (unpaired) electrons. The topological polar surface area (TPSA) is 37.3 Å². The van der Waals surface area contributed by atoms with E-state index in [1.165, 1.54) is 12.0 Å². The van der Waals surface area contributed by atoms with E-state index in [0.717, 1.165) is 38.5 Å². The maximum absolute atomic E-state index is 12.8. The summed E-state index contributed by atoms with van der Waals surface area (Å²) in [6, 6.07) is 18.4. The van der Waals surface area contributed by atoms with Crippen molar-refractivity contribution in [1.29, 1.82) is 0 Å². The third kappa shape index (κ3) is 3.38. The van der Waals surface area contributed by atoms with Crippen LogP contribution in [0.25, 0.3) is 0 Å². The van der Waals surface area contributed by atoms with Gasteiger partial charge in [0.1, 0.15) is 5.78 Å². The minimum Gasteiger partial charge on any atom is -0.389 e. The first kappa shape index (κ1) is 19.6. The summed E-state index contributed by atoms with van der Waals surface area (Å²) in [5.41, 5.74) is 0.572. The predicted octanol–water partition coefficient (Wildman–Crippen LogP) is 4.81. The van der Waals surface area contributed by atoms with Crippen molar-refractivity contribution in [2.45, 2.75) is 56.5 Å². The second kappa shape index (κ2) is 8.25. The van der Waals surface area contributed by atoms with Crippen LogP contribution in [-0.2, 0) is 21.9 Å². The number of aliphatic hydroxyl groups is 1. The summed E-state index contributed by atoms with van der Waals surface area (Å²) in [6.07, 6.45) is 7.25. The van der Waals surface area contributed by atoms with Crippen LogP contribution in [0.4, 0.5) is 0 Å². The molecule has 1 N–H and O–H groups in total. The Labute approximate surface area is 167 Å². The minimum absolute atomic E-state index is 0. The van der Waals surface area contributed by atoms with Crippen molar-refractivity contribution in [2.75, 3.05) is 0 Å². The van der Waals surface area contributed by atoms with Gasteiger partial charge in [-0.05, 0) is 31.6 Å². The molecular formula is C23H28FeO2. The molecule has 2 nitrogen and oxygen atoms in total. The molecule has 5 atom stereocenters. The number of carbonyl (C=O) groups excluding carboxylic acids is 1. The van der Waals surface area contributed by atoms with Gasteiger partial charge in [-0.15, -0.1) is 0 Å². The zero-order valence-corrected chi connectivity index (χ0v) is 16.3. The molecule has 140 valence electrons. The van der Waals surface area contributed by atoms with E-state index in [0.29, 0.717) is 11.7 Å². The molecule has 2 bridgehead atoms. The van der Waals surface area contributed by atoms with Crippen LogP contribution < -0.4 is 0 Å². The third-order valence-corrected chi connectivity index (χ3v) is 6.80. The first-order valence-electron chi connectivity index (χ1n) is 9.86. The number of hydrogen-bond donors (Lipinski definition) is 1. The molecule has 3 fully saturated rings. The van der Waals surface area contributed by atoms with E-state index >= 15 is 0 Å². The number of carbonyl (C=O) groups is 1. The van der Waals surface area contributed by atoms with Crippen LogP contribution in [0, 0.1) is 17.8 Å². The molecule has 0 heterocycles. The third-order valence-electron chi connectivity index (χ3n) is 6.80. The zero-order valence-electron chi connectivity index (χ0n) is 15.2. The summed E-state index contributed by atoms with van der Waals surface area (Å²) in [4.78, 5) is 12.8. The Hall–Kier alpha value is -1.15. The van der Waals surface area contributed by atoms with E-state index in [1.807, 2.05) is 30.3 Å². The van der Waals surface area contributed by atoms with Gasteiger partial charge in [-0.1, -0.05) is 25.2 Å². The first-order valence-corrected chi connectivity index (χ1v) is 9.86. The fraction of sp³-hybridized carbons (Fsp3) is 0.522. The quantitative estimate of drug-likeness (QED) is 0.559. The Balaban J connectivity index is 0.000000285. The van der Waals surface area contributed by atoms with Gasteiger partial charge in [-0.25, -0.2) is 18.2 Å². The molecule has 0 aliphatic heterocycles. The van der Waals surface area contributed by atoms with Gasteiger partial charge in [-0.3, -0.25) is 4.79 Å². The summed E-state index contributed by atoms with van der Waals surface area (Å²) in [5.74, 6) is 1.02. The maximum Gasteiger partial charge on any atom is 2.00 e. The van der Waals surface area contributed by atoms with E-state index in [-0.39, 0.29) is 34.8 Å². The molecule has 0 saturated heterocycles. The van der Waals surface area contributed by atoms with E-state index < -0.39 is 5.60 Å². The molecule has 3 saturated carbocycles. The first-order chi connectivity index (χ1) is 12.2. The van der Waals surface area contributed by atoms with Crippen LogP contribution in [0.3, 0.4) is 0 Å². The molecule has 26 heavy (non-hydrogen) atoms. The summed E-state index contributed by atoms with van der Waals surface area (Å²) in [7, 11) is 0. The van der Waals surface area contributed by atoms with Crippen LogP contribution in [-0.4, -0.2) is 16.5 Å². The number of fused-ring (bicyclic) bond motifs is 4. The van der Waals surface area contributed by atoms with E-state index in [2.05, 4.69) is 24.3 Å². The molecule has 0 aromatic heterocycles. The summed E-state index contributed by atoms with van der Waals surface area (Å²) >= 11 is 0. The maximum atomic E-state index is 12.8. The number of ketones is 1. The van der Waals surface area contributed by atoms with Gasteiger partial charge in [0.25, 0.3) is 0 Å². The molecule has 3 heteroatoms. The normalized spacial score (nSPS) is 35.5. The fourth-order valence-electron chi connectivity index (χ4n) is 5.75. The van der Waals surface area contributed by atoms with Gasteiger partial charge < -0.3 is 5.11 Å². The molecule has 5 rings (SSSR count). The standard InChI is InChI=1S/C18H23O2.C5H5.Fe/c19-17-13-8-5-10-15(17)18(20)11-4-3-9-14(18)16(13)12-6-1-2-7-12;1-2-4-5-3-1;/h1-2,6-7,13-16,20H,3-5,8-11H2;1-5H;/q2*-1;+2. The van der Waals surface area contributed by atoms with Gasteiger partial charge >= 0.3 is 17.1 Å². The van der Waals surface area contributed by atoms with Crippen molar-refractivity contribution < 1.29 is 27.0 Å². The van der Waals surface area contributed by atoms with E-state index in [1.54, 1.807) is 0 Å². The Kier molecular flexibility index (Phi) is 6.22. The van der Waals surface area contributed by atoms with Crippen LogP contribution in [0.1, 0.15) is 56.4 Å². The van der Waals surface area contributed by atoms with Crippen molar-refractivity contribution >= 4 is 5.78 Å². The van der Waals surface area contributed by atoms with Crippen LogP contribution in [0.2, 0.25) is 0 Å². The van der Waals surface area contributed by atoms with E-state index in [4.69, 9.17) is 0 Å². The number of hydrogen-bond acceptors (Lipinski definition) is 2. The van der Waals surface area contributed by atoms with E-state index in [9.17, 15) is 9.90 Å². The monoisotopic (exact) mass is 392 g/mol. The molecule has 3 aliphatic rings. The van der Waals surface area contributed by atoms with Crippen LogP contribution in [0.15, 0.2) is 54.6 Å². The average Bonchev–Trinajstić information content (AvgIpc) is 3.33. The van der Waals surface area contributed by atoms with Gasteiger partial charge in [0.05, 0.1) is 5.60 Å². The molecule has 5 unspecified atom stereocenters. The molecular weight excluding hydrogens is 364 g/mol. The largest absolute Gasteiger partial charge is 2.00 e. The van der Waals surface area contributed by atoms with Crippen molar-refractivity contribution in [3.05, 3.63) is 60.2 Å². The fourth-order valence-corrected chi connectivity index (χ4v) is 5.75. The van der Waals surface area contributed by atoms with Gasteiger partial charge in [-0.2, -0.15) is 42.0 Å². The van der Waals surface area contributed by atoms with Gasteiger partial charge in [0, 0.05) is 11.8 Å². The minimum atomic E-state index is -0.714. The number of rotatable bonds is 1. The van der Waals surface area contributed by atoms with Crippen LogP contribution in [0.5, 0.6) is 0 Å². The van der Waals surface area contributed by atoms with Crippen molar-refractivity contribution in [3.63, 3.8) is 0 Å². The summed E-state index contributed by atoms with van der Waals surface area (Å²) < 4.78 is 0. The zero-order chi connectivity index (χ0) is 17.3. The predicted molar refractivity (Wildman–Crippen MR) is 99.6 cm³/mol. The van der Waals surface area contributed by atoms with Crippen molar-refractivity contribution in [3.8, 4) is 0 Å². The van der Waals surface area contributed by atoms with Crippen molar-refractivity contribution in [1.82, 2.24) is 0 Å². The van der Waals surface area contributed by atoms with Gasteiger partial charge in [0.2, 0.25) is 0 Å². The molecule has 0 amide bonds. The molecule has 2 aromatic carbocycles. The van der Waals surface area contributed by atoms with Gasteiger partial charge in [0.15, 0.2) is 0 Å². The second-order valence-corrected chi connectivity index (χ2v) is 8.04. The SMILES string of the molecule is O=C1C2CCCC1C1(O)CCCCC1C2c1cc[cH-]c1.[Fe+2].c1cc[cH-]c1. The smallest absolute Gasteiger partial charge is 0.389 e. The number of Topliss-reactive ketones (excluding diaryl/α,β-unsaturated/α-hetero) is 1. The Morgan fingerprint density at radius 1 is 1.00 bits per heavy atom.